The van der Waals surface area contributed by atoms with Gasteiger partial charge in [0.25, 0.3) is 0 Å². The Morgan fingerprint density at radius 3 is 2.43 bits per heavy atom. The van der Waals surface area contributed by atoms with Crippen LogP contribution in [0.2, 0.25) is 0 Å². The fourth-order valence-electron chi connectivity index (χ4n) is 4.52. The maximum Gasteiger partial charge on any atom is 0.243 e. The molecule has 0 bridgehead atoms. The fraction of sp³-hybridized carbons (Fsp3) is 0.296. The lowest BCUT2D eigenvalue weighted by molar-refractivity contribution is 0.337. The number of benzene rings is 3. The summed E-state index contributed by atoms with van der Waals surface area (Å²) in [4.78, 5) is 4.80. The van der Waals surface area contributed by atoms with E-state index in [2.05, 4.69) is 25.8 Å². The summed E-state index contributed by atoms with van der Waals surface area (Å²) in [5.41, 5.74) is 2.73. The van der Waals surface area contributed by atoms with Gasteiger partial charge in [0.05, 0.1) is 4.90 Å². The molecule has 3 aromatic carbocycles. The van der Waals surface area contributed by atoms with E-state index in [1.165, 1.54) is 16.4 Å². The molecule has 1 aliphatic rings. The highest BCUT2D eigenvalue weighted by molar-refractivity contribution is 7.89. The minimum absolute atomic E-state index is 0.0770. The average molecular weight is 497 g/mol. The molecular weight excluding hydrogens is 470 g/mol. The molecule has 182 valence electrons. The van der Waals surface area contributed by atoms with Gasteiger partial charge in [0, 0.05) is 18.2 Å². The number of aromatic nitrogens is 1. The van der Waals surface area contributed by atoms with Crippen molar-refractivity contribution >= 4 is 21.1 Å². The lowest BCUT2D eigenvalue weighted by Crippen LogP contribution is -2.31. The zero-order valence-electron chi connectivity index (χ0n) is 19.8. The van der Waals surface area contributed by atoms with E-state index < -0.39 is 27.7 Å². The highest BCUT2D eigenvalue weighted by Gasteiger charge is 2.39. The summed E-state index contributed by atoms with van der Waals surface area (Å²) in [6.07, 6.45) is 1.28. The van der Waals surface area contributed by atoms with Crippen molar-refractivity contribution < 1.29 is 21.6 Å². The first-order valence-electron chi connectivity index (χ1n) is 11.5. The van der Waals surface area contributed by atoms with E-state index >= 15 is 0 Å². The second-order valence-electron chi connectivity index (χ2n) is 9.91. The molecular formula is C27H26F2N2O3S. The Hall–Kier alpha value is -3.10. The molecule has 0 amide bonds. The first-order valence-corrected chi connectivity index (χ1v) is 13.0. The van der Waals surface area contributed by atoms with Crippen molar-refractivity contribution in [2.45, 2.75) is 50.0 Å². The predicted molar refractivity (Wildman–Crippen MR) is 130 cm³/mol. The van der Waals surface area contributed by atoms with Gasteiger partial charge in [-0.2, -0.15) is 4.31 Å². The average Bonchev–Trinajstić information content (AvgIpc) is 3.45. The van der Waals surface area contributed by atoms with E-state index in [1.54, 1.807) is 30.3 Å². The number of hydrogen-bond acceptors (Lipinski definition) is 4. The van der Waals surface area contributed by atoms with Gasteiger partial charge in [0.15, 0.2) is 5.58 Å². The molecule has 4 aromatic rings. The van der Waals surface area contributed by atoms with Gasteiger partial charge in [0.2, 0.25) is 15.9 Å². The predicted octanol–water partition coefficient (Wildman–Crippen LogP) is 6.60. The SMILES string of the molecule is CC(C)(C)c1ccc(S(=O)(=O)N2CCCC2c2nc3cc(-c4ccc(F)cc4F)ccc3o2)cc1. The molecule has 1 unspecified atom stereocenters. The molecule has 1 fully saturated rings. The number of rotatable bonds is 4. The number of halogens is 2. The van der Waals surface area contributed by atoms with E-state index in [0.29, 0.717) is 41.9 Å². The van der Waals surface area contributed by atoms with Crippen molar-refractivity contribution in [3.05, 3.63) is 83.8 Å². The molecule has 1 aliphatic heterocycles. The first kappa shape index (κ1) is 23.6. The molecule has 1 saturated heterocycles. The molecule has 1 atom stereocenters. The maximum atomic E-state index is 14.3. The standard InChI is InChI=1S/C27H26F2N2O3S/c1-27(2,3)18-7-10-20(11-8-18)35(32,33)31-14-4-5-24(31)26-30-23-15-17(6-13-25(23)34-26)21-12-9-19(28)16-22(21)29/h6-13,15-16,24H,4-5,14H2,1-3H3. The third-order valence-corrected chi connectivity index (χ3v) is 8.38. The molecule has 5 rings (SSSR count). The third kappa shape index (κ3) is 4.36. The van der Waals surface area contributed by atoms with Crippen LogP contribution in [-0.4, -0.2) is 24.3 Å². The van der Waals surface area contributed by atoms with E-state index in [0.717, 1.165) is 11.6 Å². The van der Waals surface area contributed by atoms with Gasteiger partial charge in [-0.05, 0) is 65.8 Å². The van der Waals surface area contributed by atoms with Crippen LogP contribution in [0.4, 0.5) is 8.78 Å². The van der Waals surface area contributed by atoms with E-state index in [9.17, 15) is 17.2 Å². The summed E-state index contributed by atoms with van der Waals surface area (Å²) in [6, 6.07) is 14.9. The normalized spacial score (nSPS) is 17.3. The van der Waals surface area contributed by atoms with Crippen LogP contribution < -0.4 is 0 Å². The van der Waals surface area contributed by atoms with Crippen LogP contribution in [0.1, 0.15) is 51.1 Å². The second-order valence-corrected chi connectivity index (χ2v) is 11.8. The Morgan fingerprint density at radius 1 is 1.00 bits per heavy atom. The van der Waals surface area contributed by atoms with Crippen molar-refractivity contribution in [2.75, 3.05) is 6.54 Å². The Labute approximate surface area is 203 Å². The van der Waals surface area contributed by atoms with Crippen LogP contribution in [0.15, 0.2) is 70.0 Å². The summed E-state index contributed by atoms with van der Waals surface area (Å²) in [7, 11) is -3.75. The van der Waals surface area contributed by atoms with Crippen LogP contribution >= 0.6 is 0 Å². The first-order chi connectivity index (χ1) is 16.5. The fourth-order valence-corrected chi connectivity index (χ4v) is 6.17. The molecule has 0 radical (unpaired) electrons. The van der Waals surface area contributed by atoms with Gasteiger partial charge < -0.3 is 4.42 Å². The van der Waals surface area contributed by atoms with Gasteiger partial charge in [-0.25, -0.2) is 22.2 Å². The van der Waals surface area contributed by atoms with Gasteiger partial charge in [0.1, 0.15) is 23.2 Å². The summed E-state index contributed by atoms with van der Waals surface area (Å²) in [5, 5.41) is 0. The molecule has 0 N–H and O–H groups in total. The van der Waals surface area contributed by atoms with Crippen molar-refractivity contribution in [3.8, 4) is 11.1 Å². The largest absolute Gasteiger partial charge is 0.439 e. The summed E-state index contributed by atoms with van der Waals surface area (Å²) >= 11 is 0. The van der Waals surface area contributed by atoms with Crippen molar-refractivity contribution in [1.82, 2.24) is 9.29 Å². The van der Waals surface area contributed by atoms with Crippen molar-refractivity contribution in [3.63, 3.8) is 0 Å². The van der Waals surface area contributed by atoms with Crippen molar-refractivity contribution in [2.24, 2.45) is 0 Å². The monoisotopic (exact) mass is 496 g/mol. The second kappa shape index (κ2) is 8.53. The zero-order chi connectivity index (χ0) is 25.0. The van der Waals surface area contributed by atoms with E-state index in [1.807, 2.05) is 12.1 Å². The van der Waals surface area contributed by atoms with Gasteiger partial charge in [-0.15, -0.1) is 0 Å². The van der Waals surface area contributed by atoms with E-state index in [4.69, 9.17) is 4.42 Å². The quantitative estimate of drug-likeness (QED) is 0.319. The highest BCUT2D eigenvalue weighted by Crippen LogP contribution is 2.38. The van der Waals surface area contributed by atoms with Crippen LogP contribution in [0, 0.1) is 11.6 Å². The molecule has 35 heavy (non-hydrogen) atoms. The molecule has 5 nitrogen and oxygen atoms in total. The Balaban J connectivity index is 1.47. The number of fused-ring (bicyclic) bond motifs is 1. The van der Waals surface area contributed by atoms with Gasteiger partial charge in [-0.3, -0.25) is 0 Å². The number of sulfonamides is 1. The van der Waals surface area contributed by atoms with Gasteiger partial charge in [-0.1, -0.05) is 39.0 Å². The number of nitrogens with zero attached hydrogens (tertiary/aromatic N) is 2. The molecule has 2 heterocycles. The van der Waals surface area contributed by atoms with Crippen LogP contribution in [-0.2, 0) is 15.4 Å². The van der Waals surface area contributed by atoms with Crippen LogP contribution in [0.3, 0.4) is 0 Å². The van der Waals surface area contributed by atoms with Crippen LogP contribution in [0.25, 0.3) is 22.2 Å². The third-order valence-electron chi connectivity index (χ3n) is 6.46. The van der Waals surface area contributed by atoms with Gasteiger partial charge >= 0.3 is 0 Å². The van der Waals surface area contributed by atoms with E-state index in [-0.39, 0.29) is 15.9 Å². The minimum atomic E-state index is -3.75. The number of oxazole rings is 1. The Kier molecular flexibility index (Phi) is 5.76. The molecule has 0 aliphatic carbocycles. The molecule has 1 aromatic heterocycles. The molecule has 0 saturated carbocycles. The minimum Gasteiger partial charge on any atom is -0.439 e. The smallest absolute Gasteiger partial charge is 0.243 e. The Bertz CT molecular complexity index is 1510. The topological polar surface area (TPSA) is 63.4 Å². The lowest BCUT2D eigenvalue weighted by atomic mass is 9.87. The number of hydrogen-bond donors (Lipinski definition) is 0. The molecule has 8 heteroatoms. The Morgan fingerprint density at radius 2 is 1.74 bits per heavy atom. The lowest BCUT2D eigenvalue weighted by Gasteiger charge is -2.23. The maximum absolute atomic E-state index is 14.3. The van der Waals surface area contributed by atoms with Crippen LogP contribution in [0.5, 0.6) is 0 Å². The summed E-state index contributed by atoms with van der Waals surface area (Å²) < 4.78 is 61.9. The molecule has 0 spiro atoms. The highest BCUT2D eigenvalue weighted by atomic mass is 32.2. The summed E-state index contributed by atoms with van der Waals surface area (Å²) in [5.74, 6) is -1.01. The van der Waals surface area contributed by atoms with Crippen molar-refractivity contribution in [1.29, 1.82) is 0 Å². The summed E-state index contributed by atoms with van der Waals surface area (Å²) in [6.45, 7) is 6.61. The zero-order valence-corrected chi connectivity index (χ0v) is 20.6.